The van der Waals surface area contributed by atoms with E-state index in [9.17, 15) is 0 Å². The molecular weight excluding hydrogens is 272 g/mol. The first-order chi connectivity index (χ1) is 10.6. The van der Waals surface area contributed by atoms with Crippen LogP contribution in [0.15, 0.2) is 36.4 Å². The van der Waals surface area contributed by atoms with Gasteiger partial charge in [-0.05, 0) is 38.0 Å². The number of aryl methyl sites for hydroxylation is 3. The van der Waals surface area contributed by atoms with Crippen LogP contribution in [0.3, 0.4) is 0 Å². The average molecular weight is 298 g/mol. The number of hydrogen-bond donors (Lipinski definition) is 2. The van der Waals surface area contributed by atoms with E-state index in [2.05, 4.69) is 55.7 Å². The van der Waals surface area contributed by atoms with Crippen molar-refractivity contribution in [2.24, 2.45) is 0 Å². The fraction of sp³-hybridized carbons (Fsp3) is 0.368. The maximum Gasteiger partial charge on any atom is 0.0733 e. The van der Waals surface area contributed by atoms with E-state index in [0.29, 0.717) is 6.61 Å². The van der Waals surface area contributed by atoms with Crippen molar-refractivity contribution in [3.8, 4) is 0 Å². The lowest BCUT2D eigenvalue weighted by Crippen LogP contribution is -2.15. The molecule has 2 N–H and O–H groups in total. The van der Waals surface area contributed by atoms with Gasteiger partial charge in [-0.1, -0.05) is 35.9 Å². The van der Waals surface area contributed by atoms with Crippen LogP contribution in [0, 0.1) is 20.8 Å². The molecule has 0 aliphatic heterocycles. The number of methoxy groups -OCH3 is 1. The van der Waals surface area contributed by atoms with Crippen LogP contribution in [-0.2, 0) is 11.3 Å². The van der Waals surface area contributed by atoms with E-state index >= 15 is 0 Å². The van der Waals surface area contributed by atoms with Crippen molar-refractivity contribution in [2.45, 2.75) is 27.4 Å². The molecule has 0 aliphatic rings. The van der Waals surface area contributed by atoms with Crippen molar-refractivity contribution in [1.82, 2.24) is 0 Å². The van der Waals surface area contributed by atoms with E-state index in [0.717, 1.165) is 18.8 Å². The smallest absolute Gasteiger partial charge is 0.0733 e. The Morgan fingerprint density at radius 1 is 0.909 bits per heavy atom. The lowest BCUT2D eigenvalue weighted by molar-refractivity contribution is 0.185. The molecule has 0 atom stereocenters. The fourth-order valence-electron chi connectivity index (χ4n) is 2.82. The van der Waals surface area contributed by atoms with E-state index < -0.39 is 0 Å². The quantitative estimate of drug-likeness (QED) is 0.748. The summed E-state index contributed by atoms with van der Waals surface area (Å²) in [7, 11) is 1.72. The summed E-state index contributed by atoms with van der Waals surface area (Å²) in [6.45, 7) is 8.83. The SMILES string of the molecule is COCc1ccccc1NCCNc1c(C)cc(C)cc1C. The molecule has 2 rings (SSSR count). The first kappa shape index (κ1) is 16.4. The number of anilines is 2. The zero-order valence-corrected chi connectivity index (χ0v) is 14.0. The Balaban J connectivity index is 1.90. The highest BCUT2D eigenvalue weighted by atomic mass is 16.5. The van der Waals surface area contributed by atoms with Gasteiger partial charge in [0.25, 0.3) is 0 Å². The zero-order valence-electron chi connectivity index (χ0n) is 14.0. The minimum atomic E-state index is 0.632. The van der Waals surface area contributed by atoms with E-state index in [1.807, 2.05) is 12.1 Å². The molecule has 0 aromatic heterocycles. The normalized spacial score (nSPS) is 10.5. The largest absolute Gasteiger partial charge is 0.383 e. The Bertz CT molecular complexity index is 600. The summed E-state index contributed by atoms with van der Waals surface area (Å²) >= 11 is 0. The van der Waals surface area contributed by atoms with Gasteiger partial charge in [0.15, 0.2) is 0 Å². The predicted octanol–water partition coefficient (Wildman–Crippen LogP) is 4.28. The van der Waals surface area contributed by atoms with E-state index in [1.54, 1.807) is 7.11 Å². The first-order valence-electron chi connectivity index (χ1n) is 7.74. The molecule has 0 fully saturated rings. The molecule has 0 spiro atoms. The van der Waals surface area contributed by atoms with Gasteiger partial charge in [0.2, 0.25) is 0 Å². The molecule has 2 aromatic rings. The summed E-state index contributed by atoms with van der Waals surface area (Å²) < 4.78 is 5.23. The number of ether oxygens (including phenoxy) is 1. The van der Waals surface area contributed by atoms with Gasteiger partial charge in [-0.15, -0.1) is 0 Å². The maximum atomic E-state index is 5.23. The van der Waals surface area contributed by atoms with Gasteiger partial charge >= 0.3 is 0 Å². The van der Waals surface area contributed by atoms with Crippen LogP contribution >= 0.6 is 0 Å². The number of hydrogen-bond acceptors (Lipinski definition) is 3. The summed E-state index contributed by atoms with van der Waals surface area (Å²) in [5.41, 5.74) is 7.50. The molecule has 0 saturated heterocycles. The molecule has 3 nitrogen and oxygen atoms in total. The van der Waals surface area contributed by atoms with Crippen molar-refractivity contribution in [1.29, 1.82) is 0 Å². The highest BCUT2D eigenvalue weighted by Crippen LogP contribution is 2.21. The van der Waals surface area contributed by atoms with Crippen LogP contribution < -0.4 is 10.6 Å². The molecule has 0 aliphatic carbocycles. The van der Waals surface area contributed by atoms with Crippen molar-refractivity contribution in [3.63, 3.8) is 0 Å². The van der Waals surface area contributed by atoms with Crippen LogP contribution in [0.1, 0.15) is 22.3 Å². The van der Waals surface area contributed by atoms with Gasteiger partial charge in [-0.2, -0.15) is 0 Å². The summed E-state index contributed by atoms with van der Waals surface area (Å²) in [6, 6.07) is 12.7. The van der Waals surface area contributed by atoms with E-state index in [1.165, 1.54) is 27.9 Å². The first-order valence-corrected chi connectivity index (χ1v) is 7.74. The van der Waals surface area contributed by atoms with Gasteiger partial charge < -0.3 is 15.4 Å². The summed E-state index contributed by atoms with van der Waals surface area (Å²) in [4.78, 5) is 0. The Kier molecular flexibility index (Phi) is 5.84. The van der Waals surface area contributed by atoms with Crippen LogP contribution in [0.4, 0.5) is 11.4 Å². The van der Waals surface area contributed by atoms with Crippen LogP contribution in [-0.4, -0.2) is 20.2 Å². The summed E-state index contributed by atoms with van der Waals surface area (Å²) in [6.07, 6.45) is 0. The molecule has 0 unspecified atom stereocenters. The highest BCUT2D eigenvalue weighted by Gasteiger charge is 2.04. The van der Waals surface area contributed by atoms with Crippen molar-refractivity contribution >= 4 is 11.4 Å². The fourth-order valence-corrected chi connectivity index (χ4v) is 2.82. The molecule has 22 heavy (non-hydrogen) atoms. The molecule has 3 heteroatoms. The maximum absolute atomic E-state index is 5.23. The van der Waals surface area contributed by atoms with Gasteiger partial charge in [-0.25, -0.2) is 0 Å². The number of para-hydroxylation sites is 1. The van der Waals surface area contributed by atoms with Crippen LogP contribution in [0.25, 0.3) is 0 Å². The number of benzene rings is 2. The lowest BCUT2D eigenvalue weighted by atomic mass is 10.1. The second kappa shape index (κ2) is 7.85. The Morgan fingerprint density at radius 3 is 2.23 bits per heavy atom. The Hall–Kier alpha value is -2.00. The number of nitrogens with one attached hydrogen (secondary N) is 2. The Labute approximate surface area is 133 Å². The minimum Gasteiger partial charge on any atom is -0.383 e. The zero-order chi connectivity index (χ0) is 15.9. The molecular formula is C19H26N2O. The van der Waals surface area contributed by atoms with E-state index in [4.69, 9.17) is 4.74 Å². The monoisotopic (exact) mass is 298 g/mol. The summed E-state index contributed by atoms with van der Waals surface area (Å²) in [5.74, 6) is 0. The molecule has 118 valence electrons. The van der Waals surface area contributed by atoms with Gasteiger partial charge in [-0.3, -0.25) is 0 Å². The van der Waals surface area contributed by atoms with Crippen LogP contribution in [0.5, 0.6) is 0 Å². The molecule has 0 heterocycles. The third kappa shape index (κ3) is 4.25. The standard InChI is InChI=1S/C19H26N2O/c1-14-11-15(2)19(16(3)12-14)21-10-9-20-18-8-6-5-7-17(18)13-22-4/h5-8,11-12,20-21H,9-10,13H2,1-4H3. The molecule has 0 bridgehead atoms. The van der Waals surface area contributed by atoms with Crippen molar-refractivity contribution < 1.29 is 4.74 Å². The van der Waals surface area contributed by atoms with Gasteiger partial charge in [0.1, 0.15) is 0 Å². The second-order valence-electron chi connectivity index (χ2n) is 5.72. The Morgan fingerprint density at radius 2 is 1.55 bits per heavy atom. The molecule has 2 aromatic carbocycles. The van der Waals surface area contributed by atoms with Gasteiger partial charge in [0, 0.05) is 37.1 Å². The van der Waals surface area contributed by atoms with Crippen molar-refractivity contribution in [2.75, 3.05) is 30.8 Å². The third-order valence-electron chi connectivity index (χ3n) is 3.74. The lowest BCUT2D eigenvalue weighted by Gasteiger charge is -2.15. The molecule has 0 amide bonds. The second-order valence-corrected chi connectivity index (χ2v) is 5.72. The van der Waals surface area contributed by atoms with E-state index in [-0.39, 0.29) is 0 Å². The average Bonchev–Trinajstić information content (AvgIpc) is 2.47. The van der Waals surface area contributed by atoms with Crippen LogP contribution in [0.2, 0.25) is 0 Å². The molecule has 0 radical (unpaired) electrons. The summed E-state index contributed by atoms with van der Waals surface area (Å²) in [5, 5.41) is 7.01. The third-order valence-corrected chi connectivity index (χ3v) is 3.74. The van der Waals surface area contributed by atoms with Crippen molar-refractivity contribution in [3.05, 3.63) is 58.7 Å². The van der Waals surface area contributed by atoms with Gasteiger partial charge in [0.05, 0.1) is 6.61 Å². The predicted molar refractivity (Wildman–Crippen MR) is 94.8 cm³/mol. The highest BCUT2D eigenvalue weighted by molar-refractivity contribution is 5.58. The topological polar surface area (TPSA) is 33.3 Å². The molecule has 0 saturated carbocycles. The minimum absolute atomic E-state index is 0.632. The number of rotatable bonds is 7.